The molecule has 10 atom stereocenters. The largest absolute Gasteiger partial charge is 0.389 e. The summed E-state index contributed by atoms with van der Waals surface area (Å²) in [4.78, 5) is 0. The van der Waals surface area contributed by atoms with E-state index in [0.29, 0.717) is 23.2 Å². The summed E-state index contributed by atoms with van der Waals surface area (Å²) in [6.45, 7) is 16.3. The van der Waals surface area contributed by atoms with Crippen LogP contribution < -0.4 is 0 Å². The SMILES string of the molecule is C=C(C)[C@H](CC)CC[C@@H](C)[C@H]1CCC2C3C[C@@H](O)C4=C[C@@H](O)CC[C@]4(C)C3CC[C@@]21C. The van der Waals surface area contributed by atoms with Crippen LogP contribution in [0.15, 0.2) is 23.8 Å². The summed E-state index contributed by atoms with van der Waals surface area (Å²) in [5.74, 6) is 4.41. The molecule has 3 saturated carbocycles. The maximum Gasteiger partial charge on any atom is 0.0759 e. The molecule has 2 nitrogen and oxygen atoms in total. The van der Waals surface area contributed by atoms with E-state index in [2.05, 4.69) is 41.2 Å². The smallest absolute Gasteiger partial charge is 0.0759 e. The summed E-state index contributed by atoms with van der Waals surface area (Å²) in [7, 11) is 0. The van der Waals surface area contributed by atoms with Crippen molar-refractivity contribution in [2.45, 2.75) is 111 Å². The van der Waals surface area contributed by atoms with Crippen molar-refractivity contribution in [2.75, 3.05) is 0 Å². The number of hydrogen-bond acceptors (Lipinski definition) is 2. The molecule has 2 heteroatoms. The molecule has 4 aliphatic carbocycles. The van der Waals surface area contributed by atoms with Crippen LogP contribution in [0.4, 0.5) is 0 Å². The van der Waals surface area contributed by atoms with Crippen molar-refractivity contribution < 1.29 is 10.2 Å². The topological polar surface area (TPSA) is 40.5 Å². The van der Waals surface area contributed by atoms with E-state index in [0.717, 1.165) is 37.0 Å². The van der Waals surface area contributed by atoms with Gasteiger partial charge in [-0.15, -0.1) is 0 Å². The van der Waals surface area contributed by atoms with Crippen molar-refractivity contribution in [2.24, 2.45) is 46.3 Å². The molecule has 0 spiro atoms. The molecular formula is C29H48O2. The lowest BCUT2D eigenvalue weighted by molar-refractivity contribution is -0.0874. The Balaban J connectivity index is 1.51. The lowest BCUT2D eigenvalue weighted by atomic mass is 9.46. The summed E-state index contributed by atoms with van der Waals surface area (Å²) in [6, 6.07) is 0. The van der Waals surface area contributed by atoms with E-state index in [1.807, 2.05) is 6.08 Å². The van der Waals surface area contributed by atoms with Gasteiger partial charge in [0.2, 0.25) is 0 Å². The fourth-order valence-electron chi connectivity index (χ4n) is 9.20. The Bertz CT molecular complexity index is 710. The first-order valence-corrected chi connectivity index (χ1v) is 13.4. The first-order valence-electron chi connectivity index (χ1n) is 13.4. The van der Waals surface area contributed by atoms with E-state index in [4.69, 9.17) is 0 Å². The van der Waals surface area contributed by atoms with Crippen molar-refractivity contribution in [1.29, 1.82) is 0 Å². The van der Waals surface area contributed by atoms with Crippen molar-refractivity contribution in [3.63, 3.8) is 0 Å². The highest BCUT2D eigenvalue weighted by Gasteiger charge is 2.60. The minimum atomic E-state index is -0.356. The van der Waals surface area contributed by atoms with Gasteiger partial charge in [-0.1, -0.05) is 45.9 Å². The molecule has 0 aliphatic heterocycles. The molecule has 31 heavy (non-hydrogen) atoms. The van der Waals surface area contributed by atoms with Gasteiger partial charge in [-0.05, 0) is 123 Å². The third kappa shape index (κ3) is 3.88. The van der Waals surface area contributed by atoms with Crippen LogP contribution in [-0.2, 0) is 0 Å². The molecule has 3 unspecified atom stereocenters. The van der Waals surface area contributed by atoms with Gasteiger partial charge in [-0.3, -0.25) is 0 Å². The van der Waals surface area contributed by atoms with Crippen LogP contribution in [0.3, 0.4) is 0 Å². The molecule has 0 saturated heterocycles. The summed E-state index contributed by atoms with van der Waals surface area (Å²) < 4.78 is 0. The van der Waals surface area contributed by atoms with Crippen LogP contribution in [0.2, 0.25) is 0 Å². The molecule has 3 fully saturated rings. The summed E-state index contributed by atoms with van der Waals surface area (Å²) >= 11 is 0. The Morgan fingerprint density at radius 2 is 1.84 bits per heavy atom. The molecule has 0 aromatic carbocycles. The maximum atomic E-state index is 11.1. The van der Waals surface area contributed by atoms with E-state index < -0.39 is 0 Å². The van der Waals surface area contributed by atoms with Crippen molar-refractivity contribution in [3.8, 4) is 0 Å². The third-order valence-corrected chi connectivity index (χ3v) is 11.0. The average molecular weight is 429 g/mol. The zero-order chi connectivity index (χ0) is 22.6. The van der Waals surface area contributed by atoms with Crippen LogP contribution in [0.1, 0.15) is 98.8 Å². The first kappa shape index (κ1) is 23.6. The molecule has 0 aromatic rings. The molecule has 4 rings (SSSR count). The van der Waals surface area contributed by atoms with Gasteiger partial charge in [-0.2, -0.15) is 0 Å². The zero-order valence-electron chi connectivity index (χ0n) is 20.9. The second-order valence-electron chi connectivity index (χ2n) is 12.5. The highest BCUT2D eigenvalue weighted by atomic mass is 16.3. The van der Waals surface area contributed by atoms with E-state index in [1.54, 1.807) is 0 Å². The van der Waals surface area contributed by atoms with Gasteiger partial charge in [0.25, 0.3) is 0 Å². The average Bonchev–Trinajstić information content (AvgIpc) is 3.07. The molecule has 4 aliphatic rings. The molecular weight excluding hydrogens is 380 g/mol. The monoisotopic (exact) mass is 428 g/mol. The summed E-state index contributed by atoms with van der Waals surface area (Å²) in [5, 5.41) is 21.4. The standard InChI is InChI=1S/C29H48O2/c1-7-20(18(2)3)9-8-19(4)23-10-11-24-22-17-27(31)26-16-21(30)12-14-29(26,6)25(22)13-15-28(23,24)5/h16,19-25,27,30-31H,2,7-15,17H2,1,3-6H3/t19-,20-,21+,22?,23-,24?,25?,27-,28-,29-/m1/s1. The van der Waals surface area contributed by atoms with Gasteiger partial charge in [-0.25, -0.2) is 0 Å². The van der Waals surface area contributed by atoms with Crippen LogP contribution in [-0.4, -0.2) is 22.4 Å². The Hall–Kier alpha value is -0.600. The Labute approximate surface area is 191 Å². The summed E-state index contributed by atoms with van der Waals surface area (Å²) in [5.41, 5.74) is 3.07. The Kier molecular flexibility index (Phi) is 6.56. The van der Waals surface area contributed by atoms with E-state index in [-0.39, 0.29) is 17.6 Å². The zero-order valence-corrected chi connectivity index (χ0v) is 20.9. The van der Waals surface area contributed by atoms with Crippen molar-refractivity contribution in [3.05, 3.63) is 23.8 Å². The van der Waals surface area contributed by atoms with Gasteiger partial charge in [0.05, 0.1) is 12.2 Å². The number of aliphatic hydroxyl groups is 2. The van der Waals surface area contributed by atoms with Crippen LogP contribution in [0, 0.1) is 46.3 Å². The third-order valence-electron chi connectivity index (χ3n) is 11.0. The number of allylic oxidation sites excluding steroid dienone is 1. The normalized spacial score (nSPS) is 46.4. The van der Waals surface area contributed by atoms with Crippen molar-refractivity contribution in [1.82, 2.24) is 0 Å². The maximum absolute atomic E-state index is 11.1. The van der Waals surface area contributed by atoms with Gasteiger partial charge >= 0.3 is 0 Å². The molecule has 0 amide bonds. The highest BCUT2D eigenvalue weighted by molar-refractivity contribution is 5.29. The van der Waals surface area contributed by atoms with E-state index in [1.165, 1.54) is 56.1 Å². The fraction of sp³-hybridized carbons (Fsp3) is 0.862. The van der Waals surface area contributed by atoms with Crippen LogP contribution in [0.25, 0.3) is 0 Å². The molecule has 176 valence electrons. The molecule has 0 heterocycles. The molecule has 0 aromatic heterocycles. The number of aliphatic hydroxyl groups excluding tert-OH is 2. The lowest BCUT2D eigenvalue weighted by Crippen LogP contribution is -2.54. The quantitative estimate of drug-likeness (QED) is 0.451. The lowest BCUT2D eigenvalue weighted by Gasteiger charge is -2.60. The Morgan fingerprint density at radius 3 is 2.52 bits per heavy atom. The number of fused-ring (bicyclic) bond motifs is 5. The minimum absolute atomic E-state index is 0.0996. The molecule has 2 N–H and O–H groups in total. The number of hydrogen-bond donors (Lipinski definition) is 2. The van der Waals surface area contributed by atoms with Gasteiger partial charge in [0, 0.05) is 0 Å². The predicted octanol–water partition coefficient (Wildman–Crippen LogP) is 6.92. The highest BCUT2D eigenvalue weighted by Crippen LogP contribution is 2.67. The minimum Gasteiger partial charge on any atom is -0.389 e. The molecule has 0 radical (unpaired) electrons. The fourth-order valence-corrected chi connectivity index (χ4v) is 9.20. The van der Waals surface area contributed by atoms with Crippen LogP contribution in [0.5, 0.6) is 0 Å². The Morgan fingerprint density at radius 1 is 1.10 bits per heavy atom. The first-order chi connectivity index (χ1) is 14.6. The van der Waals surface area contributed by atoms with Crippen molar-refractivity contribution >= 4 is 0 Å². The summed E-state index contributed by atoms with van der Waals surface area (Å²) in [6.07, 6.45) is 13.4. The van der Waals surface area contributed by atoms with Crippen LogP contribution >= 0.6 is 0 Å². The van der Waals surface area contributed by atoms with Gasteiger partial charge in [0.1, 0.15) is 0 Å². The second-order valence-corrected chi connectivity index (χ2v) is 12.5. The van der Waals surface area contributed by atoms with Gasteiger partial charge in [0.15, 0.2) is 0 Å². The molecule has 0 bridgehead atoms. The second kappa shape index (κ2) is 8.64. The van der Waals surface area contributed by atoms with E-state index >= 15 is 0 Å². The predicted molar refractivity (Wildman–Crippen MR) is 130 cm³/mol. The van der Waals surface area contributed by atoms with E-state index in [9.17, 15) is 10.2 Å². The number of rotatable bonds is 6. The van der Waals surface area contributed by atoms with Gasteiger partial charge < -0.3 is 10.2 Å².